The minimum absolute atomic E-state index is 0.0256. The maximum Gasteiger partial charge on any atom is 0.273 e. The first-order valence-corrected chi connectivity index (χ1v) is 8.37. The van der Waals surface area contributed by atoms with Crippen LogP contribution in [0, 0.1) is 11.6 Å². The van der Waals surface area contributed by atoms with E-state index in [4.69, 9.17) is 23.2 Å². The van der Waals surface area contributed by atoms with E-state index in [9.17, 15) is 13.6 Å². The standard InChI is InChI=1S/C14H14Cl2F2N4OS/c1-3-19-24-21-10-6-22(2)13(11(10)16)14(23)20-7-4-8(15)12(18)9(17)5-7/h4-6,19,21H,3H2,1-2H3,(H,20,23). The summed E-state index contributed by atoms with van der Waals surface area (Å²) in [5.41, 5.74) is 0.730. The normalized spacial score (nSPS) is 10.8. The monoisotopic (exact) mass is 394 g/mol. The first kappa shape index (κ1) is 18.9. The van der Waals surface area contributed by atoms with Crippen LogP contribution in [-0.2, 0) is 7.05 Å². The van der Waals surface area contributed by atoms with Crippen LogP contribution in [0.5, 0.6) is 0 Å². The predicted octanol–water partition coefficient (Wildman–Crippen LogP) is 4.45. The second kappa shape index (κ2) is 8.06. The zero-order valence-corrected chi connectivity index (χ0v) is 15.0. The average Bonchev–Trinajstić information content (AvgIpc) is 2.79. The van der Waals surface area contributed by atoms with Crippen molar-refractivity contribution in [2.24, 2.45) is 7.05 Å². The van der Waals surface area contributed by atoms with Crippen LogP contribution >= 0.6 is 35.3 Å². The summed E-state index contributed by atoms with van der Waals surface area (Å²) in [6.07, 6.45) is 1.64. The number of amides is 1. The van der Waals surface area contributed by atoms with Crippen LogP contribution < -0.4 is 14.8 Å². The first-order valence-electron chi connectivity index (χ1n) is 6.80. The van der Waals surface area contributed by atoms with Crippen molar-refractivity contribution in [2.45, 2.75) is 6.92 Å². The van der Waals surface area contributed by atoms with Crippen LogP contribution in [0.3, 0.4) is 0 Å². The molecule has 5 nitrogen and oxygen atoms in total. The van der Waals surface area contributed by atoms with E-state index in [2.05, 4.69) is 14.8 Å². The molecule has 3 N–H and O–H groups in total. The Labute approximate surface area is 152 Å². The van der Waals surface area contributed by atoms with Gasteiger partial charge in [-0.3, -0.25) is 4.79 Å². The zero-order chi connectivity index (χ0) is 17.9. The lowest BCUT2D eigenvalue weighted by Gasteiger charge is -2.08. The highest BCUT2D eigenvalue weighted by molar-refractivity contribution is 7.98. The molecule has 0 aliphatic rings. The maximum absolute atomic E-state index is 13.4. The van der Waals surface area contributed by atoms with Gasteiger partial charge in [0.2, 0.25) is 0 Å². The van der Waals surface area contributed by atoms with Gasteiger partial charge in [0, 0.05) is 43.7 Å². The fourth-order valence-electron chi connectivity index (χ4n) is 1.91. The lowest BCUT2D eigenvalue weighted by atomic mass is 10.2. The largest absolute Gasteiger partial charge is 0.343 e. The molecule has 1 aromatic carbocycles. The highest BCUT2D eigenvalue weighted by Gasteiger charge is 2.20. The van der Waals surface area contributed by atoms with E-state index < -0.39 is 22.6 Å². The summed E-state index contributed by atoms with van der Waals surface area (Å²) in [5.74, 6) is -2.90. The molecule has 0 aliphatic heterocycles. The van der Waals surface area contributed by atoms with E-state index in [0.29, 0.717) is 5.69 Å². The average molecular weight is 395 g/mol. The molecular formula is C14H14Cl2F2N4OS. The van der Waals surface area contributed by atoms with Crippen molar-refractivity contribution in [3.63, 3.8) is 0 Å². The number of hydrogen-bond donors (Lipinski definition) is 3. The molecule has 0 saturated heterocycles. The minimum Gasteiger partial charge on any atom is -0.343 e. The van der Waals surface area contributed by atoms with Crippen LogP contribution in [0.1, 0.15) is 17.4 Å². The Morgan fingerprint density at radius 2 is 2.04 bits per heavy atom. The Morgan fingerprint density at radius 1 is 1.33 bits per heavy atom. The Hall–Kier alpha value is -1.48. The SMILES string of the molecule is CCNSNc1cn(C)c(C(=O)Nc2cc(F)c(F)c(Cl)c2)c1Cl. The van der Waals surface area contributed by atoms with Gasteiger partial charge >= 0.3 is 0 Å². The number of carbonyl (C=O) groups excluding carboxylic acids is 1. The number of nitrogens with zero attached hydrogens (tertiary/aromatic N) is 1. The van der Waals surface area contributed by atoms with Crippen molar-refractivity contribution in [1.29, 1.82) is 0 Å². The molecule has 0 spiro atoms. The molecule has 1 heterocycles. The van der Waals surface area contributed by atoms with Gasteiger partial charge in [-0.25, -0.2) is 13.5 Å². The molecule has 10 heteroatoms. The summed E-state index contributed by atoms with van der Waals surface area (Å²) in [5, 5.41) is 2.22. The maximum atomic E-state index is 13.4. The van der Waals surface area contributed by atoms with Gasteiger partial charge in [0.15, 0.2) is 11.6 Å². The Balaban J connectivity index is 2.21. The summed E-state index contributed by atoms with van der Waals surface area (Å²) >= 11 is 13.0. The van der Waals surface area contributed by atoms with Crippen LogP contribution in [-0.4, -0.2) is 17.0 Å². The number of anilines is 2. The molecular weight excluding hydrogens is 381 g/mol. The highest BCUT2D eigenvalue weighted by atomic mass is 35.5. The van der Waals surface area contributed by atoms with Crippen molar-refractivity contribution in [3.8, 4) is 0 Å². The smallest absolute Gasteiger partial charge is 0.273 e. The molecule has 2 aromatic rings. The molecule has 0 bridgehead atoms. The number of hydrogen-bond acceptors (Lipinski definition) is 4. The third kappa shape index (κ3) is 4.13. The summed E-state index contributed by atoms with van der Waals surface area (Å²) in [4.78, 5) is 12.4. The Bertz CT molecular complexity index is 746. The fraction of sp³-hybridized carbons (Fsp3) is 0.214. The van der Waals surface area contributed by atoms with Crippen LogP contribution in [0.2, 0.25) is 10.0 Å². The van der Waals surface area contributed by atoms with Gasteiger partial charge in [0.25, 0.3) is 5.91 Å². The fourth-order valence-corrected chi connectivity index (χ4v) is 2.97. The summed E-state index contributed by atoms with van der Waals surface area (Å²) < 4.78 is 34.0. The molecule has 24 heavy (non-hydrogen) atoms. The van der Waals surface area contributed by atoms with E-state index >= 15 is 0 Å². The molecule has 2 rings (SSSR count). The lowest BCUT2D eigenvalue weighted by molar-refractivity contribution is 0.101. The van der Waals surface area contributed by atoms with Gasteiger partial charge in [-0.2, -0.15) is 0 Å². The van der Waals surface area contributed by atoms with Crippen LogP contribution in [0.25, 0.3) is 0 Å². The van der Waals surface area contributed by atoms with Gasteiger partial charge in [-0.1, -0.05) is 30.1 Å². The molecule has 130 valence electrons. The minimum atomic E-state index is -1.17. The van der Waals surface area contributed by atoms with E-state index in [1.165, 1.54) is 16.7 Å². The van der Waals surface area contributed by atoms with Gasteiger partial charge < -0.3 is 14.6 Å². The van der Waals surface area contributed by atoms with Crippen molar-refractivity contribution in [3.05, 3.63) is 45.7 Å². The molecule has 1 aromatic heterocycles. The predicted molar refractivity (Wildman–Crippen MR) is 94.6 cm³/mol. The number of halogens is 4. The quantitative estimate of drug-likeness (QED) is 0.384. The molecule has 1 amide bonds. The van der Waals surface area contributed by atoms with Crippen LogP contribution in [0.15, 0.2) is 18.3 Å². The van der Waals surface area contributed by atoms with E-state index in [1.807, 2.05) is 6.92 Å². The number of aromatic nitrogens is 1. The third-order valence-corrected chi connectivity index (χ3v) is 4.37. The van der Waals surface area contributed by atoms with E-state index in [0.717, 1.165) is 18.7 Å². The summed E-state index contributed by atoms with van der Waals surface area (Å²) in [6.45, 7) is 2.68. The number of nitrogens with one attached hydrogen (secondary N) is 3. The second-order valence-corrected chi connectivity index (χ2v) is 6.21. The molecule has 0 fully saturated rings. The molecule has 0 aliphatic carbocycles. The van der Waals surface area contributed by atoms with Crippen molar-refractivity contribution >= 4 is 52.6 Å². The second-order valence-electron chi connectivity index (χ2n) is 4.73. The Morgan fingerprint density at radius 3 is 2.67 bits per heavy atom. The van der Waals surface area contributed by atoms with Crippen molar-refractivity contribution in [1.82, 2.24) is 9.29 Å². The topological polar surface area (TPSA) is 58.1 Å². The van der Waals surface area contributed by atoms with Gasteiger partial charge in [-0.05, 0) is 6.07 Å². The summed E-state index contributed by atoms with van der Waals surface area (Å²) in [7, 11) is 1.64. The summed E-state index contributed by atoms with van der Waals surface area (Å²) in [6, 6.07) is 1.96. The van der Waals surface area contributed by atoms with Crippen LogP contribution in [0.4, 0.5) is 20.2 Å². The van der Waals surface area contributed by atoms with Gasteiger partial charge in [-0.15, -0.1) is 0 Å². The highest BCUT2D eigenvalue weighted by Crippen LogP contribution is 2.30. The number of carbonyl (C=O) groups is 1. The zero-order valence-electron chi connectivity index (χ0n) is 12.7. The third-order valence-electron chi connectivity index (χ3n) is 2.95. The van der Waals surface area contributed by atoms with Gasteiger partial charge in [0.05, 0.1) is 15.7 Å². The van der Waals surface area contributed by atoms with Crippen molar-refractivity contribution < 1.29 is 13.6 Å². The molecule has 0 radical (unpaired) electrons. The first-order chi connectivity index (χ1) is 11.3. The van der Waals surface area contributed by atoms with Crippen molar-refractivity contribution in [2.75, 3.05) is 16.6 Å². The lowest BCUT2D eigenvalue weighted by Crippen LogP contribution is -2.16. The number of benzene rings is 1. The molecule has 0 atom stereocenters. The number of rotatable bonds is 6. The number of aryl methyl sites for hydroxylation is 1. The Kier molecular flexibility index (Phi) is 6.34. The van der Waals surface area contributed by atoms with E-state index in [-0.39, 0.29) is 16.4 Å². The molecule has 0 unspecified atom stereocenters. The molecule has 0 saturated carbocycles. The van der Waals surface area contributed by atoms with Gasteiger partial charge in [0.1, 0.15) is 5.69 Å². The van der Waals surface area contributed by atoms with E-state index in [1.54, 1.807) is 13.2 Å².